The minimum Gasteiger partial charge on any atom is -0.370 e. The molecular weight excluding hydrogens is 375 g/mol. The van der Waals surface area contributed by atoms with Crippen molar-refractivity contribution in [1.82, 2.24) is 10.3 Å². The molecule has 1 aromatic rings. The molecule has 0 aromatic carbocycles. The molecule has 120 valence electrons. The van der Waals surface area contributed by atoms with Crippen molar-refractivity contribution in [1.29, 1.82) is 0 Å². The number of pyridine rings is 1. The van der Waals surface area contributed by atoms with Gasteiger partial charge in [-0.3, -0.25) is 4.98 Å². The summed E-state index contributed by atoms with van der Waals surface area (Å²) in [7, 11) is 0. The smallest absolute Gasteiger partial charge is 0.189 e. The van der Waals surface area contributed by atoms with Gasteiger partial charge in [0.25, 0.3) is 0 Å². The number of nitrogens with one attached hydrogen (secondary N) is 1. The van der Waals surface area contributed by atoms with Crippen LogP contribution in [0.1, 0.15) is 51.2 Å². The molecule has 0 amide bonds. The van der Waals surface area contributed by atoms with Gasteiger partial charge in [0.2, 0.25) is 0 Å². The second-order valence-corrected chi connectivity index (χ2v) is 5.94. The van der Waals surface area contributed by atoms with E-state index in [-0.39, 0.29) is 24.0 Å². The Morgan fingerprint density at radius 2 is 2.00 bits per heavy atom. The van der Waals surface area contributed by atoms with Crippen LogP contribution in [0.15, 0.2) is 23.5 Å². The van der Waals surface area contributed by atoms with Crippen molar-refractivity contribution in [2.45, 2.75) is 59.5 Å². The van der Waals surface area contributed by atoms with Crippen LogP contribution >= 0.6 is 24.0 Å². The summed E-state index contributed by atoms with van der Waals surface area (Å²) in [5.41, 5.74) is 8.14. The Hall–Kier alpha value is -0.850. The zero-order valence-corrected chi connectivity index (χ0v) is 15.9. The SMILES string of the molecule is Cc1cncc(CN=C(N)NC(C)CCCC(C)C)c1.I. The number of aryl methyl sites for hydroxylation is 1. The first-order valence-electron chi connectivity index (χ1n) is 7.44. The molecule has 0 spiro atoms. The molecule has 1 unspecified atom stereocenters. The van der Waals surface area contributed by atoms with Crippen LogP contribution in [-0.2, 0) is 6.54 Å². The van der Waals surface area contributed by atoms with Gasteiger partial charge in [0.15, 0.2) is 5.96 Å². The predicted molar refractivity (Wildman–Crippen MR) is 101 cm³/mol. The van der Waals surface area contributed by atoms with Gasteiger partial charge in [0.1, 0.15) is 0 Å². The molecule has 0 aliphatic rings. The Bertz CT molecular complexity index is 432. The summed E-state index contributed by atoms with van der Waals surface area (Å²) in [5.74, 6) is 1.28. The standard InChI is InChI=1S/C16H28N4.HI/c1-12(2)6-5-7-14(4)20-16(17)19-11-15-8-13(3)9-18-10-15;/h8-10,12,14H,5-7,11H2,1-4H3,(H3,17,19,20);1H. The number of halogens is 1. The molecule has 0 saturated carbocycles. The van der Waals surface area contributed by atoms with E-state index < -0.39 is 0 Å². The average molecular weight is 404 g/mol. The highest BCUT2D eigenvalue weighted by atomic mass is 127. The lowest BCUT2D eigenvalue weighted by Gasteiger charge is -2.15. The van der Waals surface area contributed by atoms with E-state index in [9.17, 15) is 0 Å². The van der Waals surface area contributed by atoms with Crippen LogP contribution in [0, 0.1) is 12.8 Å². The third-order valence-electron chi connectivity index (χ3n) is 3.18. The Morgan fingerprint density at radius 3 is 2.62 bits per heavy atom. The molecular formula is C16H29IN4. The van der Waals surface area contributed by atoms with Crippen LogP contribution < -0.4 is 11.1 Å². The van der Waals surface area contributed by atoms with E-state index >= 15 is 0 Å². The van der Waals surface area contributed by atoms with E-state index in [1.165, 1.54) is 12.8 Å². The van der Waals surface area contributed by atoms with Crippen molar-refractivity contribution in [3.63, 3.8) is 0 Å². The van der Waals surface area contributed by atoms with Crippen molar-refractivity contribution in [2.24, 2.45) is 16.6 Å². The van der Waals surface area contributed by atoms with Crippen molar-refractivity contribution in [2.75, 3.05) is 0 Å². The van der Waals surface area contributed by atoms with Crippen molar-refractivity contribution < 1.29 is 0 Å². The highest BCUT2D eigenvalue weighted by Crippen LogP contribution is 2.08. The van der Waals surface area contributed by atoms with Gasteiger partial charge < -0.3 is 11.1 Å². The van der Waals surface area contributed by atoms with Crippen LogP contribution in [0.25, 0.3) is 0 Å². The molecule has 5 heteroatoms. The molecule has 3 N–H and O–H groups in total. The molecule has 0 aliphatic carbocycles. The van der Waals surface area contributed by atoms with E-state index in [4.69, 9.17) is 5.73 Å². The van der Waals surface area contributed by atoms with Gasteiger partial charge in [0, 0.05) is 18.4 Å². The van der Waals surface area contributed by atoms with Gasteiger partial charge >= 0.3 is 0 Å². The predicted octanol–water partition coefficient (Wildman–Crippen LogP) is 3.63. The van der Waals surface area contributed by atoms with E-state index in [0.29, 0.717) is 18.5 Å². The topological polar surface area (TPSA) is 63.3 Å². The number of nitrogens with zero attached hydrogens (tertiary/aromatic N) is 2. The number of hydrogen-bond donors (Lipinski definition) is 2. The fraction of sp³-hybridized carbons (Fsp3) is 0.625. The van der Waals surface area contributed by atoms with Crippen LogP contribution in [0.2, 0.25) is 0 Å². The van der Waals surface area contributed by atoms with Gasteiger partial charge in [-0.15, -0.1) is 24.0 Å². The second-order valence-electron chi connectivity index (χ2n) is 5.94. The summed E-state index contributed by atoms with van der Waals surface area (Å²) in [6, 6.07) is 2.45. The molecule has 0 aliphatic heterocycles. The number of rotatable bonds is 7. The van der Waals surface area contributed by atoms with Crippen LogP contribution in [0.5, 0.6) is 0 Å². The van der Waals surface area contributed by atoms with Gasteiger partial charge in [-0.05, 0) is 37.3 Å². The molecule has 1 rings (SSSR count). The van der Waals surface area contributed by atoms with Gasteiger partial charge in [-0.2, -0.15) is 0 Å². The first kappa shape index (κ1) is 20.1. The van der Waals surface area contributed by atoms with E-state index in [1.54, 1.807) is 0 Å². The monoisotopic (exact) mass is 404 g/mol. The second kappa shape index (κ2) is 10.8. The molecule has 1 heterocycles. The fourth-order valence-electron chi connectivity index (χ4n) is 2.08. The highest BCUT2D eigenvalue weighted by Gasteiger charge is 2.03. The minimum absolute atomic E-state index is 0. The Kier molecular flexibility index (Phi) is 10.4. The lowest BCUT2D eigenvalue weighted by Crippen LogP contribution is -2.38. The number of nitrogens with two attached hydrogens (primary N) is 1. The maximum Gasteiger partial charge on any atom is 0.189 e. The van der Waals surface area contributed by atoms with Gasteiger partial charge in [-0.1, -0.05) is 32.8 Å². The minimum atomic E-state index is 0. The van der Waals surface area contributed by atoms with E-state index in [1.807, 2.05) is 19.3 Å². The summed E-state index contributed by atoms with van der Waals surface area (Å²) in [4.78, 5) is 8.51. The quantitative estimate of drug-likeness (QED) is 0.415. The first-order valence-corrected chi connectivity index (χ1v) is 7.44. The first-order chi connectivity index (χ1) is 9.47. The summed E-state index contributed by atoms with van der Waals surface area (Å²) in [6.45, 7) is 9.26. The number of guanidine groups is 1. The Labute approximate surface area is 146 Å². The maximum absolute atomic E-state index is 5.91. The molecule has 4 nitrogen and oxygen atoms in total. The maximum atomic E-state index is 5.91. The van der Waals surface area contributed by atoms with Crippen molar-refractivity contribution >= 4 is 29.9 Å². The van der Waals surface area contributed by atoms with Crippen LogP contribution in [0.4, 0.5) is 0 Å². The van der Waals surface area contributed by atoms with Crippen LogP contribution in [-0.4, -0.2) is 17.0 Å². The molecule has 0 bridgehead atoms. The summed E-state index contributed by atoms with van der Waals surface area (Å²) >= 11 is 0. The molecule has 0 saturated heterocycles. The van der Waals surface area contributed by atoms with Crippen molar-refractivity contribution in [3.8, 4) is 0 Å². The van der Waals surface area contributed by atoms with Crippen LogP contribution in [0.3, 0.4) is 0 Å². The molecule has 1 atom stereocenters. The number of aromatic nitrogens is 1. The molecule has 0 fully saturated rings. The summed E-state index contributed by atoms with van der Waals surface area (Å²) in [5, 5.41) is 3.25. The van der Waals surface area contributed by atoms with E-state index in [0.717, 1.165) is 23.5 Å². The Balaban J connectivity index is 0.00000400. The van der Waals surface area contributed by atoms with Crippen molar-refractivity contribution in [3.05, 3.63) is 29.6 Å². The largest absolute Gasteiger partial charge is 0.370 e. The Morgan fingerprint density at radius 1 is 1.29 bits per heavy atom. The molecule has 0 radical (unpaired) electrons. The molecule has 21 heavy (non-hydrogen) atoms. The molecule has 1 aromatic heterocycles. The number of aliphatic imine (C=N–C) groups is 1. The zero-order chi connectivity index (χ0) is 15.0. The van der Waals surface area contributed by atoms with Gasteiger partial charge in [-0.25, -0.2) is 4.99 Å². The third kappa shape index (κ3) is 9.66. The number of hydrogen-bond acceptors (Lipinski definition) is 2. The third-order valence-corrected chi connectivity index (χ3v) is 3.18. The highest BCUT2D eigenvalue weighted by molar-refractivity contribution is 14.0. The fourth-order valence-corrected chi connectivity index (χ4v) is 2.08. The summed E-state index contributed by atoms with van der Waals surface area (Å²) < 4.78 is 0. The lowest BCUT2D eigenvalue weighted by molar-refractivity contribution is 0.493. The van der Waals surface area contributed by atoms with E-state index in [2.05, 4.69) is 42.1 Å². The zero-order valence-electron chi connectivity index (χ0n) is 13.6. The average Bonchev–Trinajstić information content (AvgIpc) is 2.36. The van der Waals surface area contributed by atoms with Gasteiger partial charge in [0.05, 0.1) is 6.54 Å². The normalized spacial score (nSPS) is 12.9. The lowest BCUT2D eigenvalue weighted by atomic mass is 10.0. The summed E-state index contributed by atoms with van der Waals surface area (Å²) in [6.07, 6.45) is 7.28.